The van der Waals surface area contributed by atoms with E-state index in [9.17, 15) is 0 Å². The van der Waals surface area contributed by atoms with Gasteiger partial charge in [0.1, 0.15) is 5.75 Å². The summed E-state index contributed by atoms with van der Waals surface area (Å²) < 4.78 is 5.87. The van der Waals surface area contributed by atoms with Gasteiger partial charge in [0.25, 0.3) is 0 Å². The fraction of sp³-hybridized carbons (Fsp3) is 0.684. The van der Waals surface area contributed by atoms with Crippen LogP contribution in [0.1, 0.15) is 65.0 Å². The molecule has 1 N–H and O–H groups in total. The number of hydrogen-bond donors (Lipinski definition) is 1. The molecule has 1 fully saturated rings. The highest BCUT2D eigenvalue weighted by molar-refractivity contribution is 5.31. The summed E-state index contributed by atoms with van der Waals surface area (Å²) in [6.45, 7) is 9.87. The lowest BCUT2D eigenvalue weighted by Crippen LogP contribution is -2.28. The first-order valence-electron chi connectivity index (χ1n) is 8.60. The minimum Gasteiger partial charge on any atom is -0.491 e. The lowest BCUT2D eigenvalue weighted by molar-refractivity contribution is 0.241. The number of hydrogen-bond acceptors (Lipinski definition) is 2. The van der Waals surface area contributed by atoms with Gasteiger partial charge in [0.15, 0.2) is 0 Å². The van der Waals surface area contributed by atoms with Crippen molar-refractivity contribution < 1.29 is 4.74 Å². The molecule has 0 radical (unpaired) electrons. The van der Waals surface area contributed by atoms with Crippen molar-refractivity contribution >= 4 is 0 Å². The van der Waals surface area contributed by atoms with E-state index in [0.717, 1.165) is 24.1 Å². The molecule has 0 spiro atoms. The SMILES string of the molecule is CCCNC(c1cccc(OC(C)C)c1)C1CCC(C)C1. The molecule has 2 heteroatoms. The third kappa shape index (κ3) is 4.74. The van der Waals surface area contributed by atoms with Gasteiger partial charge in [-0.2, -0.15) is 0 Å². The van der Waals surface area contributed by atoms with Crippen LogP contribution in [0.2, 0.25) is 0 Å². The van der Waals surface area contributed by atoms with Crippen molar-refractivity contribution in [2.75, 3.05) is 6.54 Å². The quantitative estimate of drug-likeness (QED) is 0.766. The van der Waals surface area contributed by atoms with Gasteiger partial charge in [0, 0.05) is 6.04 Å². The number of rotatable bonds is 7. The van der Waals surface area contributed by atoms with E-state index >= 15 is 0 Å². The molecule has 3 unspecified atom stereocenters. The molecule has 0 amide bonds. The zero-order chi connectivity index (χ0) is 15.2. The second kappa shape index (κ2) is 7.84. The van der Waals surface area contributed by atoms with Gasteiger partial charge in [-0.25, -0.2) is 0 Å². The summed E-state index contributed by atoms with van der Waals surface area (Å²) >= 11 is 0. The Balaban J connectivity index is 2.15. The summed E-state index contributed by atoms with van der Waals surface area (Å²) in [4.78, 5) is 0. The summed E-state index contributed by atoms with van der Waals surface area (Å²) in [5, 5.41) is 3.77. The van der Waals surface area contributed by atoms with E-state index in [1.165, 1.54) is 31.2 Å². The van der Waals surface area contributed by atoms with Gasteiger partial charge in [-0.3, -0.25) is 0 Å². The Morgan fingerprint density at radius 3 is 2.71 bits per heavy atom. The highest BCUT2D eigenvalue weighted by atomic mass is 16.5. The maximum atomic E-state index is 5.87. The molecule has 1 aromatic carbocycles. The van der Waals surface area contributed by atoms with Crippen LogP contribution in [0.25, 0.3) is 0 Å². The fourth-order valence-electron chi connectivity index (χ4n) is 3.46. The van der Waals surface area contributed by atoms with Crippen molar-refractivity contribution in [1.82, 2.24) is 5.32 Å². The van der Waals surface area contributed by atoms with E-state index < -0.39 is 0 Å². The molecule has 1 aliphatic carbocycles. The summed E-state index contributed by atoms with van der Waals surface area (Å²) in [6, 6.07) is 9.16. The molecule has 0 heterocycles. The Kier molecular flexibility index (Phi) is 6.10. The van der Waals surface area contributed by atoms with Crippen LogP contribution in [0.4, 0.5) is 0 Å². The fourth-order valence-corrected chi connectivity index (χ4v) is 3.46. The minimum atomic E-state index is 0.230. The molecule has 0 aliphatic heterocycles. The number of ether oxygens (including phenoxy) is 1. The van der Waals surface area contributed by atoms with Gasteiger partial charge >= 0.3 is 0 Å². The zero-order valence-electron chi connectivity index (χ0n) is 14.1. The van der Waals surface area contributed by atoms with Crippen LogP contribution in [0.15, 0.2) is 24.3 Å². The van der Waals surface area contributed by atoms with Crippen LogP contribution in [0, 0.1) is 11.8 Å². The standard InChI is InChI=1S/C19H31NO/c1-5-11-20-19(17-10-9-15(4)12-17)16-7-6-8-18(13-16)21-14(2)3/h6-8,13-15,17,19-20H,5,9-12H2,1-4H3. The van der Waals surface area contributed by atoms with E-state index in [1.54, 1.807) is 0 Å². The van der Waals surface area contributed by atoms with Crippen LogP contribution < -0.4 is 10.1 Å². The highest BCUT2D eigenvalue weighted by Crippen LogP contribution is 2.39. The topological polar surface area (TPSA) is 21.3 Å². The third-order valence-corrected chi connectivity index (χ3v) is 4.41. The molecule has 2 nitrogen and oxygen atoms in total. The molecule has 1 saturated carbocycles. The molecular weight excluding hydrogens is 258 g/mol. The third-order valence-electron chi connectivity index (χ3n) is 4.41. The van der Waals surface area contributed by atoms with E-state index in [-0.39, 0.29) is 6.10 Å². The maximum Gasteiger partial charge on any atom is 0.120 e. The van der Waals surface area contributed by atoms with Gasteiger partial charge in [0.2, 0.25) is 0 Å². The largest absolute Gasteiger partial charge is 0.491 e. The lowest BCUT2D eigenvalue weighted by atomic mass is 9.90. The van der Waals surface area contributed by atoms with Crippen LogP contribution in [0.5, 0.6) is 5.75 Å². The second-order valence-electron chi connectivity index (χ2n) is 6.85. The van der Waals surface area contributed by atoms with Crippen LogP contribution >= 0.6 is 0 Å². The summed E-state index contributed by atoms with van der Waals surface area (Å²) in [7, 11) is 0. The molecule has 0 bridgehead atoms. The summed E-state index contributed by atoms with van der Waals surface area (Å²) in [5.74, 6) is 2.63. The number of nitrogens with one attached hydrogen (secondary N) is 1. The zero-order valence-corrected chi connectivity index (χ0v) is 14.1. The summed E-state index contributed by atoms with van der Waals surface area (Å²) in [6.07, 6.45) is 5.47. The van der Waals surface area contributed by atoms with Crippen molar-refractivity contribution in [3.63, 3.8) is 0 Å². The van der Waals surface area contributed by atoms with E-state index in [4.69, 9.17) is 4.74 Å². The number of benzene rings is 1. The van der Waals surface area contributed by atoms with Crippen molar-refractivity contribution in [2.45, 2.75) is 65.5 Å². The van der Waals surface area contributed by atoms with Crippen molar-refractivity contribution in [1.29, 1.82) is 0 Å². The molecule has 118 valence electrons. The molecule has 0 saturated heterocycles. The van der Waals surface area contributed by atoms with Crippen molar-refractivity contribution in [2.24, 2.45) is 11.8 Å². The summed E-state index contributed by atoms with van der Waals surface area (Å²) in [5.41, 5.74) is 1.39. The lowest BCUT2D eigenvalue weighted by Gasteiger charge is -2.26. The van der Waals surface area contributed by atoms with Crippen molar-refractivity contribution in [3.05, 3.63) is 29.8 Å². The first-order valence-corrected chi connectivity index (χ1v) is 8.60. The molecule has 1 aliphatic rings. The Hall–Kier alpha value is -1.02. The van der Waals surface area contributed by atoms with Gasteiger partial charge < -0.3 is 10.1 Å². The first kappa shape index (κ1) is 16.4. The monoisotopic (exact) mass is 289 g/mol. The van der Waals surface area contributed by atoms with Crippen LogP contribution in [0.3, 0.4) is 0 Å². The molecule has 1 aromatic rings. The molecule has 0 aromatic heterocycles. The average Bonchev–Trinajstić information content (AvgIpc) is 2.85. The van der Waals surface area contributed by atoms with Crippen LogP contribution in [-0.2, 0) is 0 Å². The van der Waals surface area contributed by atoms with Gasteiger partial charge in [-0.1, -0.05) is 32.4 Å². The maximum absolute atomic E-state index is 5.87. The predicted octanol–water partition coefficient (Wildman–Crippen LogP) is 4.95. The Morgan fingerprint density at radius 1 is 1.29 bits per heavy atom. The smallest absolute Gasteiger partial charge is 0.120 e. The van der Waals surface area contributed by atoms with Gasteiger partial charge in [-0.05, 0) is 69.2 Å². The van der Waals surface area contributed by atoms with Gasteiger partial charge in [-0.15, -0.1) is 0 Å². The van der Waals surface area contributed by atoms with Crippen LogP contribution in [-0.4, -0.2) is 12.6 Å². The molecule has 3 atom stereocenters. The Labute approximate surface area is 130 Å². The highest BCUT2D eigenvalue weighted by Gasteiger charge is 2.29. The van der Waals surface area contributed by atoms with Crippen molar-refractivity contribution in [3.8, 4) is 5.75 Å². The minimum absolute atomic E-state index is 0.230. The Bertz CT molecular complexity index is 429. The average molecular weight is 289 g/mol. The predicted molar refractivity (Wildman–Crippen MR) is 89.7 cm³/mol. The molecular formula is C19H31NO. The van der Waals surface area contributed by atoms with E-state index in [2.05, 4.69) is 57.3 Å². The van der Waals surface area contributed by atoms with Gasteiger partial charge in [0.05, 0.1) is 6.10 Å². The molecule has 21 heavy (non-hydrogen) atoms. The Morgan fingerprint density at radius 2 is 2.10 bits per heavy atom. The first-order chi connectivity index (χ1) is 10.1. The van der Waals surface area contributed by atoms with E-state index in [0.29, 0.717) is 6.04 Å². The second-order valence-corrected chi connectivity index (χ2v) is 6.85. The normalized spacial score (nSPS) is 23.5. The molecule has 2 rings (SSSR count). The van der Waals surface area contributed by atoms with E-state index in [1.807, 2.05) is 0 Å².